The molecule has 1 aromatic carbocycles. The van der Waals surface area contributed by atoms with E-state index < -0.39 is 0 Å². The number of hydrogen-bond donors (Lipinski definition) is 0. The van der Waals surface area contributed by atoms with E-state index in [4.69, 9.17) is 4.74 Å². The third kappa shape index (κ3) is 2.00. The molecule has 0 saturated heterocycles. The molecule has 1 aromatic heterocycles. The normalized spacial score (nSPS) is 20.7. The Morgan fingerprint density at radius 3 is 2.90 bits per heavy atom. The molecular formula is C18H19NO. The van der Waals surface area contributed by atoms with Gasteiger partial charge in [-0.1, -0.05) is 24.3 Å². The van der Waals surface area contributed by atoms with Crippen molar-refractivity contribution in [3.05, 3.63) is 58.8 Å². The van der Waals surface area contributed by atoms with Crippen LogP contribution in [0.4, 0.5) is 0 Å². The number of nitrogens with zero attached hydrogens (tertiary/aromatic N) is 1. The number of hydrogen-bond acceptors (Lipinski definition) is 2. The van der Waals surface area contributed by atoms with Crippen molar-refractivity contribution in [1.29, 1.82) is 0 Å². The van der Waals surface area contributed by atoms with Crippen LogP contribution in [0.3, 0.4) is 0 Å². The molecule has 2 heteroatoms. The zero-order valence-corrected chi connectivity index (χ0v) is 11.6. The lowest BCUT2D eigenvalue weighted by Gasteiger charge is -2.28. The molecule has 1 atom stereocenters. The maximum atomic E-state index is 5.71. The van der Waals surface area contributed by atoms with Gasteiger partial charge in [0.25, 0.3) is 0 Å². The first-order valence-corrected chi connectivity index (χ1v) is 7.59. The van der Waals surface area contributed by atoms with E-state index in [0.717, 1.165) is 31.7 Å². The molecule has 0 fully saturated rings. The monoisotopic (exact) mass is 265 g/mol. The number of aromatic nitrogens is 1. The number of ether oxygens (including phenoxy) is 1. The van der Waals surface area contributed by atoms with Gasteiger partial charge in [0.15, 0.2) is 0 Å². The molecule has 2 aromatic rings. The molecule has 0 spiro atoms. The Kier molecular flexibility index (Phi) is 2.95. The Labute approximate surface area is 119 Å². The number of aryl methyl sites for hydroxylation is 1. The summed E-state index contributed by atoms with van der Waals surface area (Å²) in [5, 5.41) is 0. The fraction of sp³-hybridized carbons (Fsp3) is 0.389. The fourth-order valence-electron chi connectivity index (χ4n) is 3.63. The predicted octanol–water partition coefficient (Wildman–Crippen LogP) is 3.68. The Bertz CT molecular complexity index is 635. The summed E-state index contributed by atoms with van der Waals surface area (Å²) in [4.78, 5) is 4.40. The van der Waals surface area contributed by atoms with Crippen LogP contribution < -0.4 is 4.74 Å². The van der Waals surface area contributed by atoms with E-state index in [1.165, 1.54) is 35.1 Å². The third-order valence-corrected chi connectivity index (χ3v) is 4.65. The van der Waals surface area contributed by atoms with Crippen LogP contribution in [0.15, 0.2) is 36.5 Å². The Morgan fingerprint density at radius 2 is 1.95 bits per heavy atom. The quantitative estimate of drug-likeness (QED) is 0.784. The molecule has 1 aliphatic heterocycles. The molecule has 0 amide bonds. The van der Waals surface area contributed by atoms with E-state index in [-0.39, 0.29) is 0 Å². The number of benzene rings is 1. The highest BCUT2D eigenvalue weighted by molar-refractivity contribution is 5.41. The van der Waals surface area contributed by atoms with Gasteiger partial charge >= 0.3 is 0 Å². The largest absolute Gasteiger partial charge is 0.477 e. The maximum absolute atomic E-state index is 5.71. The predicted molar refractivity (Wildman–Crippen MR) is 79.3 cm³/mol. The van der Waals surface area contributed by atoms with Crippen LogP contribution in [0.2, 0.25) is 0 Å². The zero-order valence-electron chi connectivity index (χ0n) is 11.6. The molecule has 2 heterocycles. The van der Waals surface area contributed by atoms with Gasteiger partial charge in [-0.3, -0.25) is 0 Å². The van der Waals surface area contributed by atoms with Crippen molar-refractivity contribution >= 4 is 0 Å². The van der Waals surface area contributed by atoms with Crippen molar-refractivity contribution in [2.24, 2.45) is 0 Å². The van der Waals surface area contributed by atoms with Crippen LogP contribution >= 0.6 is 0 Å². The van der Waals surface area contributed by atoms with Crippen molar-refractivity contribution in [1.82, 2.24) is 4.98 Å². The van der Waals surface area contributed by atoms with Gasteiger partial charge in [-0.2, -0.15) is 0 Å². The summed E-state index contributed by atoms with van der Waals surface area (Å²) in [6.45, 7) is 0.816. The van der Waals surface area contributed by atoms with Crippen molar-refractivity contribution < 1.29 is 4.74 Å². The van der Waals surface area contributed by atoms with Gasteiger partial charge < -0.3 is 4.74 Å². The first-order chi connectivity index (χ1) is 9.92. The van der Waals surface area contributed by atoms with E-state index in [9.17, 15) is 0 Å². The minimum atomic E-state index is 0.628. The molecule has 1 unspecified atom stereocenters. The van der Waals surface area contributed by atoms with Crippen LogP contribution in [-0.2, 0) is 19.3 Å². The van der Waals surface area contributed by atoms with E-state index in [1.807, 2.05) is 6.20 Å². The van der Waals surface area contributed by atoms with E-state index in [1.54, 1.807) is 0 Å². The smallest absolute Gasteiger partial charge is 0.216 e. The van der Waals surface area contributed by atoms with E-state index in [2.05, 4.69) is 35.3 Å². The van der Waals surface area contributed by atoms with Crippen molar-refractivity contribution in [3.8, 4) is 5.88 Å². The van der Waals surface area contributed by atoms with Crippen LogP contribution in [0.5, 0.6) is 5.88 Å². The molecule has 2 aliphatic rings. The number of fused-ring (bicyclic) bond motifs is 2. The van der Waals surface area contributed by atoms with Gasteiger partial charge in [0.1, 0.15) is 0 Å². The standard InChI is InChI=1S/C18H19NO/c1-2-5-14-12-15(8-7-13(14)4-1)16-9-10-19-18-17(16)6-3-11-20-18/h1-2,4-5,9-10,15H,3,6-8,11-12H2. The Hall–Kier alpha value is -1.83. The first kappa shape index (κ1) is 12.0. The van der Waals surface area contributed by atoms with Crippen LogP contribution in [0, 0.1) is 0 Å². The molecule has 0 bridgehead atoms. The van der Waals surface area contributed by atoms with Gasteiger partial charge in [-0.15, -0.1) is 0 Å². The number of pyridine rings is 1. The van der Waals surface area contributed by atoms with Gasteiger partial charge in [-0.25, -0.2) is 4.98 Å². The molecular weight excluding hydrogens is 246 g/mol. The van der Waals surface area contributed by atoms with E-state index >= 15 is 0 Å². The summed E-state index contributed by atoms with van der Waals surface area (Å²) < 4.78 is 5.71. The minimum Gasteiger partial charge on any atom is -0.477 e. The Balaban J connectivity index is 1.70. The zero-order chi connectivity index (χ0) is 13.4. The summed E-state index contributed by atoms with van der Waals surface area (Å²) >= 11 is 0. The van der Waals surface area contributed by atoms with Crippen molar-refractivity contribution in [2.75, 3.05) is 6.61 Å². The highest BCUT2D eigenvalue weighted by Crippen LogP contribution is 2.37. The lowest BCUT2D eigenvalue weighted by Crippen LogP contribution is -2.18. The lowest BCUT2D eigenvalue weighted by atomic mass is 9.78. The molecule has 102 valence electrons. The molecule has 0 saturated carbocycles. The second-order valence-electron chi connectivity index (χ2n) is 5.84. The lowest BCUT2D eigenvalue weighted by molar-refractivity contribution is 0.274. The third-order valence-electron chi connectivity index (χ3n) is 4.65. The summed E-state index contributed by atoms with van der Waals surface area (Å²) in [5.41, 5.74) is 5.89. The van der Waals surface area contributed by atoms with Crippen molar-refractivity contribution in [2.45, 2.75) is 38.0 Å². The van der Waals surface area contributed by atoms with E-state index in [0.29, 0.717) is 5.92 Å². The second kappa shape index (κ2) is 4.93. The molecule has 0 N–H and O–H groups in total. The topological polar surface area (TPSA) is 22.1 Å². The van der Waals surface area contributed by atoms with Crippen molar-refractivity contribution in [3.63, 3.8) is 0 Å². The van der Waals surface area contributed by atoms with Crippen LogP contribution in [0.1, 0.15) is 41.0 Å². The average Bonchev–Trinajstić information content (AvgIpc) is 2.54. The maximum Gasteiger partial charge on any atom is 0.216 e. The van der Waals surface area contributed by atoms with Gasteiger partial charge in [0.05, 0.1) is 6.61 Å². The summed E-state index contributed by atoms with van der Waals surface area (Å²) in [6, 6.07) is 11.1. The SMILES string of the molecule is c1ccc2c(c1)CCC(c1ccnc3c1CCCO3)C2. The van der Waals surface area contributed by atoms with Gasteiger partial charge in [0.2, 0.25) is 5.88 Å². The summed E-state index contributed by atoms with van der Waals surface area (Å²) in [5.74, 6) is 1.51. The van der Waals surface area contributed by atoms with Crippen LogP contribution in [0.25, 0.3) is 0 Å². The van der Waals surface area contributed by atoms with Gasteiger partial charge in [-0.05, 0) is 60.8 Å². The first-order valence-electron chi connectivity index (χ1n) is 7.59. The molecule has 2 nitrogen and oxygen atoms in total. The van der Waals surface area contributed by atoms with Gasteiger partial charge in [0, 0.05) is 11.8 Å². The number of rotatable bonds is 1. The average molecular weight is 265 g/mol. The minimum absolute atomic E-state index is 0.628. The van der Waals surface area contributed by atoms with Crippen LogP contribution in [-0.4, -0.2) is 11.6 Å². The molecule has 1 aliphatic carbocycles. The molecule has 20 heavy (non-hydrogen) atoms. The Morgan fingerprint density at radius 1 is 1.05 bits per heavy atom. The highest BCUT2D eigenvalue weighted by Gasteiger charge is 2.25. The second-order valence-corrected chi connectivity index (χ2v) is 5.84. The summed E-state index contributed by atoms with van der Waals surface area (Å²) in [7, 11) is 0. The molecule has 4 rings (SSSR count). The highest BCUT2D eigenvalue weighted by atomic mass is 16.5. The molecule has 0 radical (unpaired) electrons. The summed E-state index contributed by atoms with van der Waals surface area (Å²) in [6.07, 6.45) is 7.75. The fourth-order valence-corrected chi connectivity index (χ4v) is 3.63.